The zero-order valence-corrected chi connectivity index (χ0v) is 13.5. The quantitative estimate of drug-likeness (QED) is 0.508. The van der Waals surface area contributed by atoms with Gasteiger partial charge in [-0.2, -0.15) is 18.3 Å². The fraction of sp³-hybridized carbons (Fsp3) is 0.167. The highest BCUT2D eigenvalue weighted by atomic mass is 19.4. The molecule has 0 N–H and O–H groups in total. The van der Waals surface area contributed by atoms with Crippen LogP contribution >= 0.6 is 0 Å². The number of rotatable bonds is 1. The molecule has 4 rings (SSSR count). The molecule has 0 bridgehead atoms. The van der Waals surface area contributed by atoms with Crippen LogP contribution in [-0.2, 0) is 6.18 Å². The van der Waals surface area contributed by atoms with Gasteiger partial charge in [0.25, 0.3) is 0 Å². The van der Waals surface area contributed by atoms with Crippen molar-refractivity contribution in [1.82, 2.24) is 19.6 Å². The Hall–Kier alpha value is -2.96. The molecule has 3 heterocycles. The molecule has 0 amide bonds. The number of aryl methyl sites for hydroxylation is 2. The molecule has 0 aliphatic carbocycles. The molecule has 4 nitrogen and oxygen atoms in total. The number of nitrogens with zero attached hydrogens (tertiary/aromatic N) is 4. The first-order valence-corrected chi connectivity index (χ1v) is 7.62. The van der Waals surface area contributed by atoms with E-state index in [4.69, 9.17) is 0 Å². The van der Waals surface area contributed by atoms with Crippen LogP contribution in [0.5, 0.6) is 0 Å². The highest BCUT2D eigenvalue weighted by Gasteiger charge is 2.33. The number of benzene rings is 1. The van der Waals surface area contributed by atoms with Gasteiger partial charge in [0, 0.05) is 29.0 Å². The van der Waals surface area contributed by atoms with Gasteiger partial charge in [-0.15, -0.1) is 0 Å². The smallest absolute Gasteiger partial charge is 0.252 e. The Kier molecular flexibility index (Phi) is 3.28. The van der Waals surface area contributed by atoms with Gasteiger partial charge < -0.3 is 0 Å². The van der Waals surface area contributed by atoms with Gasteiger partial charge in [0.2, 0.25) is 0 Å². The second-order valence-corrected chi connectivity index (χ2v) is 5.97. The highest BCUT2D eigenvalue weighted by Crippen LogP contribution is 2.38. The highest BCUT2D eigenvalue weighted by molar-refractivity contribution is 5.99. The maximum atomic E-state index is 13.4. The molecule has 0 atom stereocenters. The third kappa shape index (κ3) is 2.52. The van der Waals surface area contributed by atoms with Crippen molar-refractivity contribution in [2.45, 2.75) is 20.0 Å². The number of pyridine rings is 1. The molecule has 0 aliphatic rings. The summed E-state index contributed by atoms with van der Waals surface area (Å²) in [7, 11) is 0. The average molecular weight is 342 g/mol. The molecule has 0 saturated carbocycles. The van der Waals surface area contributed by atoms with Gasteiger partial charge >= 0.3 is 6.18 Å². The van der Waals surface area contributed by atoms with E-state index in [-0.39, 0.29) is 5.52 Å². The zero-order valence-electron chi connectivity index (χ0n) is 13.5. The average Bonchev–Trinajstić information content (AvgIpc) is 2.95. The van der Waals surface area contributed by atoms with E-state index in [0.29, 0.717) is 27.9 Å². The summed E-state index contributed by atoms with van der Waals surface area (Å²) >= 11 is 0. The number of hydrogen-bond acceptors (Lipinski definition) is 3. The van der Waals surface area contributed by atoms with Crippen molar-refractivity contribution >= 4 is 16.6 Å². The lowest BCUT2D eigenvalue weighted by Gasteiger charge is -2.12. The van der Waals surface area contributed by atoms with Crippen molar-refractivity contribution in [3.05, 3.63) is 59.7 Å². The van der Waals surface area contributed by atoms with Crippen LogP contribution in [0.25, 0.3) is 27.7 Å². The van der Waals surface area contributed by atoms with Crippen LogP contribution in [0, 0.1) is 13.8 Å². The van der Waals surface area contributed by atoms with E-state index < -0.39 is 11.7 Å². The van der Waals surface area contributed by atoms with E-state index in [2.05, 4.69) is 15.1 Å². The molecule has 126 valence electrons. The number of para-hydroxylation sites is 1. The van der Waals surface area contributed by atoms with Crippen LogP contribution in [0.1, 0.15) is 16.8 Å². The zero-order chi connectivity index (χ0) is 17.8. The SMILES string of the molecule is Cc1cnc2c(-c3cc(C)nc4c(C(F)(F)F)cccc34)cnn2c1. The second kappa shape index (κ2) is 5.27. The van der Waals surface area contributed by atoms with Gasteiger partial charge in [0.1, 0.15) is 0 Å². The predicted molar refractivity (Wildman–Crippen MR) is 88.2 cm³/mol. The van der Waals surface area contributed by atoms with Gasteiger partial charge in [-0.1, -0.05) is 12.1 Å². The van der Waals surface area contributed by atoms with Crippen LogP contribution in [0.15, 0.2) is 42.9 Å². The Bertz CT molecular complexity index is 1110. The van der Waals surface area contributed by atoms with Crippen molar-refractivity contribution in [3.8, 4) is 11.1 Å². The number of hydrogen-bond donors (Lipinski definition) is 0. The Morgan fingerprint density at radius 2 is 1.84 bits per heavy atom. The minimum absolute atomic E-state index is 0.0588. The van der Waals surface area contributed by atoms with Crippen LogP contribution in [0.4, 0.5) is 13.2 Å². The van der Waals surface area contributed by atoms with E-state index in [1.54, 1.807) is 36.0 Å². The lowest BCUT2D eigenvalue weighted by atomic mass is 9.99. The molecule has 4 aromatic rings. The van der Waals surface area contributed by atoms with E-state index in [0.717, 1.165) is 11.6 Å². The maximum Gasteiger partial charge on any atom is 0.418 e. The third-order valence-electron chi connectivity index (χ3n) is 4.05. The van der Waals surface area contributed by atoms with Gasteiger partial charge in [-0.25, -0.2) is 9.50 Å². The number of fused-ring (bicyclic) bond motifs is 2. The summed E-state index contributed by atoms with van der Waals surface area (Å²) < 4.78 is 41.7. The molecular weight excluding hydrogens is 329 g/mol. The standard InChI is InChI=1S/C18H13F3N4/c1-10-7-22-17-14(8-23-25(17)9-10)13-6-11(2)24-16-12(13)4-3-5-15(16)18(19,20)21/h3-9H,1-2H3. The molecule has 25 heavy (non-hydrogen) atoms. The van der Waals surface area contributed by atoms with Crippen LogP contribution in [-0.4, -0.2) is 19.6 Å². The van der Waals surface area contributed by atoms with Crippen molar-refractivity contribution in [3.63, 3.8) is 0 Å². The van der Waals surface area contributed by atoms with E-state index in [1.165, 1.54) is 6.07 Å². The molecular formula is C18H13F3N4. The number of aromatic nitrogens is 4. The normalized spacial score (nSPS) is 12.2. The summed E-state index contributed by atoms with van der Waals surface area (Å²) in [6, 6.07) is 5.86. The summed E-state index contributed by atoms with van der Waals surface area (Å²) in [5.41, 5.74) is 2.55. The monoisotopic (exact) mass is 342 g/mol. The summed E-state index contributed by atoms with van der Waals surface area (Å²) in [4.78, 5) is 8.52. The fourth-order valence-corrected chi connectivity index (χ4v) is 2.99. The number of halogens is 3. The molecule has 1 aromatic carbocycles. The van der Waals surface area contributed by atoms with Gasteiger partial charge in [-0.3, -0.25) is 4.98 Å². The minimum Gasteiger partial charge on any atom is -0.252 e. The molecule has 7 heteroatoms. The summed E-state index contributed by atoms with van der Waals surface area (Å²) in [6.07, 6.45) is 0.686. The fourth-order valence-electron chi connectivity index (χ4n) is 2.99. The van der Waals surface area contributed by atoms with Gasteiger partial charge in [0.15, 0.2) is 5.65 Å². The van der Waals surface area contributed by atoms with E-state index in [1.807, 2.05) is 13.1 Å². The molecule has 0 saturated heterocycles. The van der Waals surface area contributed by atoms with Crippen molar-refractivity contribution < 1.29 is 13.2 Å². The summed E-state index contributed by atoms with van der Waals surface area (Å²) in [6.45, 7) is 3.58. The Morgan fingerprint density at radius 3 is 2.60 bits per heavy atom. The van der Waals surface area contributed by atoms with E-state index >= 15 is 0 Å². The first-order chi connectivity index (χ1) is 11.8. The topological polar surface area (TPSA) is 43.1 Å². The molecule has 0 aliphatic heterocycles. The maximum absolute atomic E-state index is 13.4. The molecule has 3 aromatic heterocycles. The van der Waals surface area contributed by atoms with Crippen molar-refractivity contribution in [1.29, 1.82) is 0 Å². The lowest BCUT2D eigenvalue weighted by Crippen LogP contribution is -2.07. The first kappa shape index (κ1) is 15.6. The molecule has 0 fully saturated rings. The lowest BCUT2D eigenvalue weighted by molar-refractivity contribution is -0.136. The van der Waals surface area contributed by atoms with Gasteiger partial charge in [0.05, 0.1) is 17.3 Å². The Balaban J connectivity index is 2.08. The minimum atomic E-state index is -4.46. The Labute approximate surface area is 141 Å². The number of alkyl halides is 3. The summed E-state index contributed by atoms with van der Waals surface area (Å²) in [5.74, 6) is 0. The molecule has 0 radical (unpaired) electrons. The Morgan fingerprint density at radius 1 is 1.04 bits per heavy atom. The second-order valence-electron chi connectivity index (χ2n) is 5.97. The van der Waals surface area contributed by atoms with Crippen LogP contribution in [0.2, 0.25) is 0 Å². The predicted octanol–water partition coefficient (Wildman–Crippen LogP) is 4.58. The third-order valence-corrected chi connectivity index (χ3v) is 4.05. The largest absolute Gasteiger partial charge is 0.418 e. The van der Waals surface area contributed by atoms with E-state index in [9.17, 15) is 13.2 Å². The van der Waals surface area contributed by atoms with Crippen molar-refractivity contribution in [2.24, 2.45) is 0 Å². The molecule has 0 spiro atoms. The van der Waals surface area contributed by atoms with Crippen LogP contribution < -0.4 is 0 Å². The summed E-state index contributed by atoms with van der Waals surface area (Å²) in [5, 5.41) is 4.70. The van der Waals surface area contributed by atoms with Crippen molar-refractivity contribution in [2.75, 3.05) is 0 Å². The molecule has 0 unspecified atom stereocenters. The van der Waals surface area contributed by atoms with Crippen LogP contribution in [0.3, 0.4) is 0 Å². The first-order valence-electron chi connectivity index (χ1n) is 7.62. The van der Waals surface area contributed by atoms with Gasteiger partial charge in [-0.05, 0) is 37.1 Å².